The van der Waals surface area contributed by atoms with Crippen molar-refractivity contribution in [2.24, 2.45) is 0 Å². The standard InChI is InChI=1S/C12H2F24O3S/c13-1(3(16,17)18)2(14,15)4(19,20)5(21,22)6(23,24)7(25,26)8(27,28)9(29,30)10(31,32)11(33,34)12(35,36)40(37,38)39/h1H,(H,37,38,39). The summed E-state index contributed by atoms with van der Waals surface area (Å²) in [4.78, 5) is 0. The summed E-state index contributed by atoms with van der Waals surface area (Å²) in [6, 6.07) is 0. The molecule has 0 aliphatic heterocycles. The van der Waals surface area contributed by atoms with E-state index in [1.807, 2.05) is 0 Å². The Morgan fingerprint density at radius 3 is 0.800 bits per heavy atom. The maximum atomic E-state index is 13.5. The molecule has 0 rings (SSSR count). The molecule has 40 heavy (non-hydrogen) atoms. The van der Waals surface area contributed by atoms with Crippen molar-refractivity contribution in [2.75, 3.05) is 0 Å². The highest BCUT2D eigenvalue weighted by Gasteiger charge is 2.98. The summed E-state index contributed by atoms with van der Waals surface area (Å²) in [5.74, 6) is -83.2. The molecule has 0 aromatic rings. The van der Waals surface area contributed by atoms with Crippen molar-refractivity contribution >= 4 is 10.1 Å². The van der Waals surface area contributed by atoms with E-state index in [1.54, 1.807) is 0 Å². The Morgan fingerprint density at radius 2 is 0.600 bits per heavy atom. The lowest BCUT2D eigenvalue weighted by atomic mass is 9.85. The van der Waals surface area contributed by atoms with Gasteiger partial charge in [-0.2, -0.15) is 109 Å². The summed E-state index contributed by atoms with van der Waals surface area (Å²) in [5.41, 5.74) is 0. The molecular formula is C12H2F24O3S. The molecular weight excluding hydrogens is 680 g/mol. The quantitative estimate of drug-likeness (QED) is 0.187. The van der Waals surface area contributed by atoms with Gasteiger partial charge in [0.05, 0.1) is 0 Å². The van der Waals surface area contributed by atoms with Gasteiger partial charge in [-0.3, -0.25) is 4.55 Å². The second-order valence-electron chi connectivity index (χ2n) is 7.11. The summed E-state index contributed by atoms with van der Waals surface area (Å²) >= 11 is 0. The van der Waals surface area contributed by atoms with Gasteiger partial charge in [-0.15, -0.1) is 0 Å². The fourth-order valence-corrected chi connectivity index (χ4v) is 2.55. The second-order valence-corrected chi connectivity index (χ2v) is 8.58. The fraction of sp³-hybridized carbons (Fsp3) is 1.00. The van der Waals surface area contributed by atoms with Gasteiger partial charge in [0.2, 0.25) is 0 Å². The lowest BCUT2D eigenvalue weighted by Crippen LogP contribution is -2.77. The molecule has 0 bridgehead atoms. The first-order chi connectivity index (χ1) is 16.7. The van der Waals surface area contributed by atoms with Crippen LogP contribution in [0.3, 0.4) is 0 Å². The van der Waals surface area contributed by atoms with E-state index in [0.717, 1.165) is 0 Å². The van der Waals surface area contributed by atoms with Gasteiger partial charge in [-0.25, -0.2) is 4.39 Å². The van der Waals surface area contributed by atoms with Crippen LogP contribution in [0.5, 0.6) is 0 Å². The van der Waals surface area contributed by atoms with E-state index in [2.05, 4.69) is 0 Å². The smallest absolute Gasteiger partial charge is 0.281 e. The van der Waals surface area contributed by atoms with E-state index in [1.165, 1.54) is 0 Å². The third kappa shape index (κ3) is 4.48. The third-order valence-corrected chi connectivity index (χ3v) is 5.38. The van der Waals surface area contributed by atoms with Crippen LogP contribution in [0.1, 0.15) is 0 Å². The van der Waals surface area contributed by atoms with Crippen molar-refractivity contribution in [1.29, 1.82) is 0 Å². The number of rotatable bonds is 11. The Hall–Kier alpha value is -1.77. The van der Waals surface area contributed by atoms with Crippen LogP contribution >= 0.6 is 0 Å². The Morgan fingerprint density at radius 1 is 0.400 bits per heavy atom. The average Bonchev–Trinajstić information content (AvgIpc) is 2.70. The van der Waals surface area contributed by atoms with Gasteiger partial charge in [0.25, 0.3) is 6.17 Å². The summed E-state index contributed by atoms with van der Waals surface area (Å²) < 4.78 is 342. The van der Waals surface area contributed by atoms with E-state index in [4.69, 9.17) is 4.55 Å². The molecule has 0 amide bonds. The van der Waals surface area contributed by atoms with Gasteiger partial charge in [-0.1, -0.05) is 0 Å². The largest absolute Gasteiger partial charge is 0.438 e. The molecule has 0 radical (unpaired) electrons. The first kappa shape index (κ1) is 38.2. The van der Waals surface area contributed by atoms with Crippen LogP contribution in [0, 0.1) is 0 Å². The van der Waals surface area contributed by atoms with E-state index in [9.17, 15) is 114 Å². The SMILES string of the molecule is O=S(=O)(O)C(F)(F)C(F)(F)C(F)(F)C(F)(F)C(F)(F)C(F)(F)C(F)(F)C(F)(F)C(F)(F)C(F)(F)C(F)C(F)(F)F. The van der Waals surface area contributed by atoms with Crippen molar-refractivity contribution in [3.05, 3.63) is 0 Å². The van der Waals surface area contributed by atoms with Crippen LogP contribution in [0.15, 0.2) is 0 Å². The summed E-state index contributed by atoms with van der Waals surface area (Å²) in [5, 5.41) is -8.17. The average molecular weight is 682 g/mol. The minimum Gasteiger partial charge on any atom is -0.281 e. The number of alkyl halides is 24. The molecule has 0 saturated heterocycles. The van der Waals surface area contributed by atoms with Crippen molar-refractivity contribution < 1.29 is 118 Å². The van der Waals surface area contributed by atoms with Crippen molar-refractivity contribution in [1.82, 2.24) is 0 Å². The number of hydrogen-bond donors (Lipinski definition) is 1. The normalized spacial score (nSPS) is 17.7. The zero-order valence-electron chi connectivity index (χ0n) is 16.8. The Kier molecular flexibility index (Phi) is 8.71. The monoisotopic (exact) mass is 682 g/mol. The van der Waals surface area contributed by atoms with E-state index < -0.39 is 81.0 Å². The minimum absolute atomic E-state index is 6.78. The van der Waals surface area contributed by atoms with E-state index in [0.29, 0.717) is 0 Å². The first-order valence-corrected chi connectivity index (χ1v) is 9.55. The number of hydrogen-bond acceptors (Lipinski definition) is 2. The topological polar surface area (TPSA) is 54.4 Å². The zero-order valence-corrected chi connectivity index (χ0v) is 17.6. The Bertz CT molecular complexity index is 1050. The fourth-order valence-electron chi connectivity index (χ4n) is 2.10. The maximum Gasteiger partial charge on any atom is 0.438 e. The molecule has 1 N–H and O–H groups in total. The predicted octanol–water partition coefficient (Wildman–Crippen LogP) is 7.09. The highest BCUT2D eigenvalue weighted by atomic mass is 32.2. The van der Waals surface area contributed by atoms with Gasteiger partial charge < -0.3 is 0 Å². The molecule has 0 saturated carbocycles. The molecule has 0 aromatic carbocycles. The second kappa shape index (κ2) is 9.11. The van der Waals surface area contributed by atoms with Gasteiger partial charge >= 0.3 is 74.9 Å². The molecule has 0 spiro atoms. The molecule has 1 unspecified atom stereocenters. The van der Waals surface area contributed by atoms with Gasteiger partial charge in [0.1, 0.15) is 0 Å². The summed E-state index contributed by atoms with van der Waals surface area (Å²) in [6.45, 7) is 0. The van der Waals surface area contributed by atoms with Crippen molar-refractivity contribution in [3.8, 4) is 0 Å². The van der Waals surface area contributed by atoms with E-state index >= 15 is 0 Å². The van der Waals surface area contributed by atoms with Crippen LogP contribution in [0.2, 0.25) is 0 Å². The number of halogens is 24. The van der Waals surface area contributed by atoms with Crippen molar-refractivity contribution in [2.45, 2.75) is 70.9 Å². The third-order valence-electron chi connectivity index (χ3n) is 4.47. The molecule has 0 heterocycles. The van der Waals surface area contributed by atoms with Crippen LogP contribution in [0.25, 0.3) is 0 Å². The first-order valence-electron chi connectivity index (χ1n) is 8.11. The highest BCUT2D eigenvalue weighted by Crippen LogP contribution is 2.66. The van der Waals surface area contributed by atoms with Crippen LogP contribution in [-0.4, -0.2) is 83.9 Å². The van der Waals surface area contributed by atoms with Gasteiger partial charge in [0.15, 0.2) is 0 Å². The Labute approximate surface area is 200 Å². The highest BCUT2D eigenvalue weighted by molar-refractivity contribution is 7.87. The Balaban J connectivity index is 7.35. The van der Waals surface area contributed by atoms with Crippen LogP contribution < -0.4 is 0 Å². The lowest BCUT2D eigenvalue weighted by Gasteiger charge is -2.45. The molecule has 0 aliphatic carbocycles. The van der Waals surface area contributed by atoms with Gasteiger partial charge in [-0.05, 0) is 0 Å². The summed E-state index contributed by atoms with van der Waals surface area (Å²) in [6.07, 6.45) is -14.3. The van der Waals surface area contributed by atoms with Crippen LogP contribution in [-0.2, 0) is 10.1 Å². The molecule has 0 fully saturated rings. The predicted molar refractivity (Wildman–Crippen MR) is 72.0 cm³/mol. The van der Waals surface area contributed by atoms with Gasteiger partial charge in [0, 0.05) is 0 Å². The van der Waals surface area contributed by atoms with Crippen molar-refractivity contribution in [3.63, 3.8) is 0 Å². The molecule has 1 atom stereocenters. The van der Waals surface area contributed by atoms with E-state index in [-0.39, 0.29) is 0 Å². The molecule has 3 nitrogen and oxygen atoms in total. The minimum atomic E-state index is -9.62. The molecule has 242 valence electrons. The maximum absolute atomic E-state index is 13.5. The molecule has 0 aliphatic rings. The molecule has 0 aromatic heterocycles. The summed E-state index contributed by atoms with van der Waals surface area (Å²) in [7, 11) is -8.20. The molecule has 28 heteroatoms. The van der Waals surface area contributed by atoms with Crippen LogP contribution in [0.4, 0.5) is 105 Å². The lowest BCUT2D eigenvalue weighted by molar-refractivity contribution is -0.470. The zero-order chi connectivity index (χ0) is 33.6.